The number of rotatable bonds is 6. The first-order valence-corrected chi connectivity index (χ1v) is 10.3. The van der Waals surface area contributed by atoms with E-state index in [1.54, 1.807) is 18.2 Å². The van der Waals surface area contributed by atoms with E-state index in [4.69, 9.17) is 4.42 Å². The number of aromatic nitrogens is 1. The lowest BCUT2D eigenvalue weighted by Crippen LogP contribution is -2.41. The van der Waals surface area contributed by atoms with Gasteiger partial charge in [0.2, 0.25) is 0 Å². The third-order valence-corrected chi connectivity index (χ3v) is 5.18. The molecule has 0 bridgehead atoms. The van der Waals surface area contributed by atoms with Gasteiger partial charge in [-0.3, -0.25) is 25.3 Å². The second-order valence-electron chi connectivity index (χ2n) is 8.37. The van der Waals surface area contributed by atoms with Crippen LogP contribution < -0.4 is 10.9 Å². The molecule has 0 fully saturated rings. The average Bonchev–Trinajstić information content (AvgIpc) is 3.35. The molecule has 2 amide bonds. The van der Waals surface area contributed by atoms with Gasteiger partial charge in [-0.05, 0) is 48.3 Å². The number of nitrogens with zero attached hydrogens (tertiary/aromatic N) is 1. The van der Waals surface area contributed by atoms with Crippen molar-refractivity contribution in [1.82, 2.24) is 20.7 Å². The molecule has 1 aromatic carbocycles. The Morgan fingerprint density at radius 1 is 1.00 bits per heavy atom. The predicted molar refractivity (Wildman–Crippen MR) is 117 cm³/mol. The summed E-state index contributed by atoms with van der Waals surface area (Å²) < 4.78 is 5.60. The van der Waals surface area contributed by atoms with Crippen LogP contribution in [0.4, 0.5) is 0 Å². The summed E-state index contributed by atoms with van der Waals surface area (Å²) in [5, 5.41) is 0.937. The van der Waals surface area contributed by atoms with E-state index in [0.29, 0.717) is 18.0 Å². The number of aromatic amines is 1. The topological polar surface area (TPSA) is 90.4 Å². The smallest absolute Gasteiger partial charge is 0.305 e. The number of H-pyrrole nitrogens is 1. The van der Waals surface area contributed by atoms with Gasteiger partial charge in [0.1, 0.15) is 11.5 Å². The van der Waals surface area contributed by atoms with Crippen molar-refractivity contribution in [2.45, 2.75) is 46.6 Å². The van der Waals surface area contributed by atoms with Crippen molar-refractivity contribution >= 4 is 22.7 Å². The highest BCUT2D eigenvalue weighted by molar-refractivity contribution is 6.00. The minimum absolute atomic E-state index is 0.0167. The zero-order chi connectivity index (χ0) is 21.9. The summed E-state index contributed by atoms with van der Waals surface area (Å²) in [7, 11) is 0. The Bertz CT molecular complexity index is 1040. The molecular formula is C23H30N4O3. The lowest BCUT2D eigenvalue weighted by atomic mass is 9.87. The van der Waals surface area contributed by atoms with Crippen molar-refractivity contribution in [3.05, 3.63) is 59.2 Å². The fourth-order valence-corrected chi connectivity index (χ4v) is 3.21. The van der Waals surface area contributed by atoms with Crippen LogP contribution >= 0.6 is 0 Å². The summed E-state index contributed by atoms with van der Waals surface area (Å²) in [4.78, 5) is 30.1. The molecule has 0 saturated heterocycles. The molecule has 0 saturated carbocycles. The number of carbonyl (C=O) groups is 2. The molecule has 0 aliphatic carbocycles. The molecule has 30 heavy (non-hydrogen) atoms. The van der Waals surface area contributed by atoms with E-state index in [2.05, 4.69) is 61.4 Å². The molecule has 0 atom stereocenters. The number of amides is 2. The number of hydrogen-bond donors (Lipinski definition) is 3. The SMILES string of the molecule is CCN(CC)Cc1ccc(C(=O)NNC(=O)c2cc3ccc(C(C)(C)C)cc3[nH]2)o1. The Morgan fingerprint density at radius 3 is 2.37 bits per heavy atom. The minimum atomic E-state index is -0.500. The van der Waals surface area contributed by atoms with Crippen molar-refractivity contribution in [2.75, 3.05) is 13.1 Å². The van der Waals surface area contributed by atoms with E-state index in [0.717, 1.165) is 24.0 Å². The van der Waals surface area contributed by atoms with Crippen molar-refractivity contribution < 1.29 is 14.0 Å². The van der Waals surface area contributed by atoms with Gasteiger partial charge in [0, 0.05) is 10.9 Å². The van der Waals surface area contributed by atoms with E-state index in [9.17, 15) is 9.59 Å². The maximum Gasteiger partial charge on any atom is 0.305 e. The average molecular weight is 411 g/mol. The summed E-state index contributed by atoms with van der Waals surface area (Å²) in [6.07, 6.45) is 0. The third kappa shape index (κ3) is 4.91. The van der Waals surface area contributed by atoms with Crippen molar-refractivity contribution in [1.29, 1.82) is 0 Å². The molecule has 3 aromatic rings. The van der Waals surface area contributed by atoms with Crippen LogP contribution in [0.25, 0.3) is 10.9 Å². The van der Waals surface area contributed by atoms with Crippen LogP contribution in [0.5, 0.6) is 0 Å². The Kier molecular flexibility index (Phi) is 6.31. The molecule has 0 aliphatic rings. The van der Waals surface area contributed by atoms with Gasteiger partial charge in [0.05, 0.1) is 6.54 Å². The van der Waals surface area contributed by atoms with Crippen LogP contribution in [0, 0.1) is 0 Å². The van der Waals surface area contributed by atoms with Gasteiger partial charge >= 0.3 is 5.91 Å². The van der Waals surface area contributed by atoms with Crippen molar-refractivity contribution in [3.8, 4) is 0 Å². The highest BCUT2D eigenvalue weighted by Crippen LogP contribution is 2.26. The first kappa shape index (κ1) is 21.6. The van der Waals surface area contributed by atoms with Gasteiger partial charge in [-0.15, -0.1) is 0 Å². The standard InChI is InChI=1S/C23H30N4O3/c1-6-27(7-2)14-17-10-11-20(30-17)22(29)26-25-21(28)19-12-15-8-9-16(23(3,4)5)13-18(15)24-19/h8-13,24H,6-7,14H2,1-5H3,(H,25,28)(H,26,29). The van der Waals surface area contributed by atoms with Gasteiger partial charge in [0.15, 0.2) is 5.76 Å². The van der Waals surface area contributed by atoms with E-state index in [1.165, 1.54) is 5.56 Å². The molecule has 160 valence electrons. The van der Waals surface area contributed by atoms with Gasteiger partial charge in [-0.25, -0.2) is 0 Å². The number of hydrazine groups is 1. The Balaban J connectivity index is 1.62. The van der Waals surface area contributed by atoms with Gasteiger partial charge in [-0.1, -0.05) is 46.8 Å². The molecule has 0 radical (unpaired) electrons. The first-order valence-electron chi connectivity index (χ1n) is 10.3. The summed E-state index contributed by atoms with van der Waals surface area (Å²) in [6, 6.07) is 11.2. The number of nitrogens with one attached hydrogen (secondary N) is 3. The molecule has 3 N–H and O–H groups in total. The molecule has 0 spiro atoms. The minimum Gasteiger partial charge on any atom is -0.454 e. The largest absolute Gasteiger partial charge is 0.454 e. The van der Waals surface area contributed by atoms with E-state index in [-0.39, 0.29) is 11.2 Å². The van der Waals surface area contributed by atoms with Crippen LogP contribution in [0.1, 0.15) is 67.0 Å². The number of hydrogen-bond acceptors (Lipinski definition) is 4. The van der Waals surface area contributed by atoms with Gasteiger partial charge in [0.25, 0.3) is 5.91 Å². The van der Waals surface area contributed by atoms with Crippen LogP contribution in [0.3, 0.4) is 0 Å². The summed E-state index contributed by atoms with van der Waals surface area (Å²) in [5.74, 6) is -0.0589. The molecule has 7 heteroatoms. The van der Waals surface area contributed by atoms with E-state index >= 15 is 0 Å². The summed E-state index contributed by atoms with van der Waals surface area (Å²) in [6.45, 7) is 13.0. The molecule has 2 aromatic heterocycles. The molecular weight excluding hydrogens is 380 g/mol. The highest BCUT2D eigenvalue weighted by atomic mass is 16.4. The predicted octanol–water partition coefficient (Wildman–Crippen LogP) is 3.98. The molecule has 0 unspecified atom stereocenters. The normalized spacial score (nSPS) is 11.8. The van der Waals surface area contributed by atoms with Gasteiger partial charge < -0.3 is 9.40 Å². The van der Waals surface area contributed by atoms with Crippen LogP contribution in [0.15, 0.2) is 40.8 Å². The quantitative estimate of drug-likeness (QED) is 0.536. The van der Waals surface area contributed by atoms with Crippen molar-refractivity contribution in [2.24, 2.45) is 0 Å². The second-order valence-corrected chi connectivity index (χ2v) is 8.37. The monoisotopic (exact) mass is 410 g/mol. The zero-order valence-electron chi connectivity index (χ0n) is 18.3. The molecule has 7 nitrogen and oxygen atoms in total. The molecule has 0 aliphatic heterocycles. The summed E-state index contributed by atoms with van der Waals surface area (Å²) >= 11 is 0. The Hall–Kier alpha value is -3.06. The van der Waals surface area contributed by atoms with E-state index < -0.39 is 11.8 Å². The summed E-state index contributed by atoms with van der Waals surface area (Å²) in [5.41, 5.74) is 7.29. The lowest BCUT2D eigenvalue weighted by Gasteiger charge is -2.18. The number of fused-ring (bicyclic) bond motifs is 1. The fraction of sp³-hybridized carbons (Fsp3) is 0.391. The number of carbonyl (C=O) groups excluding carboxylic acids is 2. The fourth-order valence-electron chi connectivity index (χ4n) is 3.21. The Labute approximate surface area is 176 Å². The number of furan rings is 1. The van der Waals surface area contributed by atoms with Crippen molar-refractivity contribution in [3.63, 3.8) is 0 Å². The van der Waals surface area contributed by atoms with Crippen LogP contribution in [-0.4, -0.2) is 34.8 Å². The van der Waals surface area contributed by atoms with E-state index in [1.807, 2.05) is 12.1 Å². The zero-order valence-corrected chi connectivity index (χ0v) is 18.3. The van der Waals surface area contributed by atoms with Crippen LogP contribution in [-0.2, 0) is 12.0 Å². The lowest BCUT2D eigenvalue weighted by molar-refractivity contribution is 0.0827. The maximum atomic E-state index is 12.5. The third-order valence-electron chi connectivity index (χ3n) is 5.18. The van der Waals surface area contributed by atoms with Gasteiger partial charge in [-0.2, -0.15) is 0 Å². The maximum absolute atomic E-state index is 12.5. The molecule has 2 heterocycles. The molecule has 3 rings (SSSR count). The number of benzene rings is 1. The first-order chi connectivity index (χ1) is 14.2. The Morgan fingerprint density at radius 2 is 1.70 bits per heavy atom. The highest BCUT2D eigenvalue weighted by Gasteiger charge is 2.17. The second kappa shape index (κ2) is 8.75. The van der Waals surface area contributed by atoms with Crippen LogP contribution in [0.2, 0.25) is 0 Å².